The molecule has 1 heterocycles. The topological polar surface area (TPSA) is 77.8 Å². The predicted molar refractivity (Wildman–Crippen MR) is 124 cm³/mol. The average molecular weight is 452 g/mol. The van der Waals surface area contributed by atoms with Crippen LogP contribution in [0.15, 0.2) is 60.7 Å². The zero-order chi connectivity index (χ0) is 23.4. The first-order valence-corrected chi connectivity index (χ1v) is 11.6. The summed E-state index contributed by atoms with van der Waals surface area (Å²) in [6.45, 7) is 0.533. The van der Waals surface area contributed by atoms with E-state index in [4.69, 9.17) is 5.11 Å². The molecule has 2 atom stereocenters. The van der Waals surface area contributed by atoms with Gasteiger partial charge in [0, 0.05) is 18.4 Å². The lowest BCUT2D eigenvalue weighted by atomic mass is 9.74. The SMILES string of the molecule is O=C(O)c1ccc(CCN2C(=O)CCC2C=CC(O)C2(c3cccc(F)c3)CCCC2)cc1. The molecule has 6 heteroatoms. The Hall–Kier alpha value is -2.99. The van der Waals surface area contributed by atoms with Crippen molar-refractivity contribution in [2.45, 2.75) is 62.5 Å². The minimum absolute atomic E-state index is 0.0852. The minimum Gasteiger partial charge on any atom is -0.478 e. The van der Waals surface area contributed by atoms with Crippen molar-refractivity contribution in [1.29, 1.82) is 0 Å². The van der Waals surface area contributed by atoms with E-state index >= 15 is 0 Å². The van der Waals surface area contributed by atoms with Gasteiger partial charge in [-0.15, -0.1) is 0 Å². The minimum atomic E-state index is -0.960. The van der Waals surface area contributed by atoms with Gasteiger partial charge in [0.2, 0.25) is 5.91 Å². The fraction of sp³-hybridized carbons (Fsp3) is 0.407. The quantitative estimate of drug-likeness (QED) is 0.580. The highest BCUT2D eigenvalue weighted by atomic mass is 19.1. The monoisotopic (exact) mass is 451 g/mol. The summed E-state index contributed by atoms with van der Waals surface area (Å²) in [6, 6.07) is 13.2. The third-order valence-corrected chi connectivity index (χ3v) is 7.19. The van der Waals surface area contributed by atoms with Gasteiger partial charge in [0.05, 0.1) is 17.7 Å². The molecular formula is C27H30FNO4. The Morgan fingerprint density at radius 1 is 1.18 bits per heavy atom. The number of aliphatic hydroxyl groups excluding tert-OH is 1. The number of aromatic carboxylic acids is 1. The third kappa shape index (κ3) is 5.01. The van der Waals surface area contributed by atoms with E-state index in [0.717, 1.165) is 36.8 Å². The number of rotatable bonds is 8. The van der Waals surface area contributed by atoms with Crippen molar-refractivity contribution in [2.75, 3.05) is 6.54 Å². The number of carbonyl (C=O) groups excluding carboxylic acids is 1. The molecule has 174 valence electrons. The molecule has 5 nitrogen and oxygen atoms in total. The van der Waals surface area contributed by atoms with Crippen LogP contribution in [0.25, 0.3) is 0 Å². The summed E-state index contributed by atoms with van der Waals surface area (Å²) in [6.07, 6.45) is 8.39. The van der Waals surface area contributed by atoms with Gasteiger partial charge in [-0.05, 0) is 61.1 Å². The van der Waals surface area contributed by atoms with Crippen LogP contribution in [0.5, 0.6) is 0 Å². The molecule has 33 heavy (non-hydrogen) atoms. The van der Waals surface area contributed by atoms with Gasteiger partial charge in [-0.1, -0.05) is 49.3 Å². The third-order valence-electron chi connectivity index (χ3n) is 7.19. The first kappa shape index (κ1) is 23.2. The smallest absolute Gasteiger partial charge is 0.335 e. The number of likely N-dealkylation sites (tertiary alicyclic amines) is 1. The molecule has 1 saturated heterocycles. The Balaban J connectivity index is 1.44. The molecule has 1 aliphatic carbocycles. The van der Waals surface area contributed by atoms with E-state index in [1.165, 1.54) is 12.1 Å². The van der Waals surface area contributed by atoms with Crippen LogP contribution in [0.2, 0.25) is 0 Å². The first-order chi connectivity index (χ1) is 15.9. The second kappa shape index (κ2) is 9.87. The van der Waals surface area contributed by atoms with Crippen LogP contribution in [0, 0.1) is 5.82 Å². The molecule has 1 saturated carbocycles. The van der Waals surface area contributed by atoms with E-state index in [-0.39, 0.29) is 23.3 Å². The number of amides is 1. The maximum absolute atomic E-state index is 13.9. The van der Waals surface area contributed by atoms with Gasteiger partial charge in [-0.25, -0.2) is 9.18 Å². The van der Waals surface area contributed by atoms with E-state index in [1.807, 2.05) is 17.0 Å². The van der Waals surface area contributed by atoms with E-state index in [2.05, 4.69) is 0 Å². The summed E-state index contributed by atoms with van der Waals surface area (Å²) in [7, 11) is 0. The van der Waals surface area contributed by atoms with Gasteiger partial charge in [-0.3, -0.25) is 4.79 Å². The fourth-order valence-electron chi connectivity index (χ4n) is 5.29. The summed E-state index contributed by atoms with van der Waals surface area (Å²) in [5, 5.41) is 20.2. The molecule has 1 amide bonds. The van der Waals surface area contributed by atoms with Gasteiger partial charge in [0.1, 0.15) is 5.82 Å². The van der Waals surface area contributed by atoms with Crippen LogP contribution in [0.3, 0.4) is 0 Å². The number of aliphatic hydroxyl groups is 1. The zero-order valence-corrected chi connectivity index (χ0v) is 18.6. The number of hydrogen-bond acceptors (Lipinski definition) is 3. The molecule has 2 unspecified atom stereocenters. The summed E-state index contributed by atoms with van der Waals surface area (Å²) >= 11 is 0. The molecule has 4 rings (SSSR count). The highest BCUT2D eigenvalue weighted by molar-refractivity contribution is 5.87. The highest BCUT2D eigenvalue weighted by Gasteiger charge is 2.41. The van der Waals surface area contributed by atoms with Crippen molar-refractivity contribution in [3.05, 3.63) is 83.2 Å². The van der Waals surface area contributed by atoms with Crippen LogP contribution >= 0.6 is 0 Å². The normalized spacial score (nSPS) is 21.1. The van der Waals surface area contributed by atoms with Gasteiger partial charge >= 0.3 is 5.97 Å². The van der Waals surface area contributed by atoms with Crippen LogP contribution in [-0.2, 0) is 16.6 Å². The predicted octanol–water partition coefficient (Wildman–Crippen LogP) is 4.49. The molecule has 2 N–H and O–H groups in total. The van der Waals surface area contributed by atoms with Crippen LogP contribution in [0.1, 0.15) is 60.0 Å². The van der Waals surface area contributed by atoms with Gasteiger partial charge in [0.25, 0.3) is 0 Å². The van der Waals surface area contributed by atoms with Crippen molar-refractivity contribution < 1.29 is 24.2 Å². The lowest BCUT2D eigenvalue weighted by Crippen LogP contribution is -2.37. The summed E-state index contributed by atoms with van der Waals surface area (Å²) in [4.78, 5) is 25.3. The number of carboxylic acid groups (broad SMARTS) is 1. The van der Waals surface area contributed by atoms with Crippen LogP contribution in [-0.4, -0.2) is 45.7 Å². The standard InChI is InChI=1S/C27H30FNO4/c28-22-5-3-4-21(18-22)27(15-1-2-16-27)24(30)12-10-23-11-13-25(31)29(23)17-14-19-6-8-20(9-7-19)26(32)33/h3-10,12,18,23-24,30H,1-2,11,13-17H2,(H,32,33). The number of hydrogen-bond donors (Lipinski definition) is 2. The van der Waals surface area contributed by atoms with E-state index in [0.29, 0.717) is 25.8 Å². The largest absolute Gasteiger partial charge is 0.478 e. The number of halogens is 1. The van der Waals surface area contributed by atoms with Gasteiger partial charge in [0.15, 0.2) is 0 Å². The summed E-state index contributed by atoms with van der Waals surface area (Å²) in [5.41, 5.74) is 1.56. The molecule has 0 bridgehead atoms. The fourth-order valence-corrected chi connectivity index (χ4v) is 5.29. The molecule has 0 aromatic heterocycles. The number of benzene rings is 2. The molecule has 1 aliphatic heterocycles. The Morgan fingerprint density at radius 2 is 1.91 bits per heavy atom. The summed E-state index contributed by atoms with van der Waals surface area (Å²) < 4.78 is 13.9. The van der Waals surface area contributed by atoms with Crippen LogP contribution in [0.4, 0.5) is 4.39 Å². The lowest BCUT2D eigenvalue weighted by molar-refractivity contribution is -0.128. The molecular weight excluding hydrogens is 421 g/mol. The number of nitrogens with zero attached hydrogens (tertiary/aromatic N) is 1. The summed E-state index contributed by atoms with van der Waals surface area (Å²) in [5.74, 6) is -1.17. The maximum Gasteiger partial charge on any atom is 0.335 e. The molecule has 2 aliphatic rings. The highest BCUT2D eigenvalue weighted by Crippen LogP contribution is 2.44. The average Bonchev–Trinajstić information content (AvgIpc) is 3.44. The van der Waals surface area contributed by atoms with Crippen molar-refractivity contribution in [3.8, 4) is 0 Å². The Morgan fingerprint density at radius 3 is 2.58 bits per heavy atom. The Kier molecular flexibility index (Phi) is 6.94. The van der Waals surface area contributed by atoms with Crippen molar-refractivity contribution in [1.82, 2.24) is 4.90 Å². The molecule has 0 radical (unpaired) electrons. The van der Waals surface area contributed by atoms with Gasteiger partial charge in [-0.2, -0.15) is 0 Å². The van der Waals surface area contributed by atoms with Gasteiger partial charge < -0.3 is 15.1 Å². The van der Waals surface area contributed by atoms with Crippen LogP contribution < -0.4 is 0 Å². The molecule has 2 fully saturated rings. The second-order valence-electron chi connectivity index (χ2n) is 9.15. The number of carbonyl (C=O) groups is 2. The maximum atomic E-state index is 13.9. The second-order valence-corrected chi connectivity index (χ2v) is 9.15. The first-order valence-electron chi connectivity index (χ1n) is 11.6. The van der Waals surface area contributed by atoms with Crippen molar-refractivity contribution >= 4 is 11.9 Å². The zero-order valence-electron chi connectivity index (χ0n) is 18.6. The Labute approximate surface area is 193 Å². The van der Waals surface area contributed by atoms with Crippen molar-refractivity contribution in [3.63, 3.8) is 0 Å². The van der Waals surface area contributed by atoms with Crippen molar-refractivity contribution in [2.24, 2.45) is 0 Å². The van der Waals surface area contributed by atoms with E-state index < -0.39 is 17.5 Å². The van der Waals surface area contributed by atoms with E-state index in [9.17, 15) is 19.1 Å². The van der Waals surface area contributed by atoms with E-state index in [1.54, 1.807) is 36.4 Å². The molecule has 2 aromatic carbocycles. The Bertz CT molecular complexity index is 1030. The molecule has 0 spiro atoms. The molecule has 2 aromatic rings. The number of carboxylic acids is 1. The lowest BCUT2D eigenvalue weighted by Gasteiger charge is -2.34.